The van der Waals surface area contributed by atoms with E-state index in [0.29, 0.717) is 32.7 Å². The maximum Gasteiger partial charge on any atom is 0.200 e. The van der Waals surface area contributed by atoms with Gasteiger partial charge < -0.3 is 8.98 Å². The highest BCUT2D eigenvalue weighted by molar-refractivity contribution is 9.10. The predicted molar refractivity (Wildman–Crippen MR) is 82.4 cm³/mol. The zero-order valence-corrected chi connectivity index (χ0v) is 13.5. The van der Waals surface area contributed by atoms with Crippen LogP contribution in [0.15, 0.2) is 50.6 Å². The van der Waals surface area contributed by atoms with Crippen molar-refractivity contribution in [2.75, 3.05) is 0 Å². The molecule has 0 aliphatic carbocycles. The van der Waals surface area contributed by atoms with Gasteiger partial charge in [0.1, 0.15) is 5.82 Å². The molecule has 0 unspecified atom stereocenters. The van der Waals surface area contributed by atoms with E-state index < -0.39 is 0 Å². The number of furan rings is 1. The minimum absolute atomic E-state index is 0.206. The summed E-state index contributed by atoms with van der Waals surface area (Å²) in [5.41, 5.74) is 0.646. The highest BCUT2D eigenvalue weighted by atomic mass is 79.9. The zero-order chi connectivity index (χ0) is 14.8. The fourth-order valence-corrected chi connectivity index (χ4v) is 3.05. The molecule has 0 spiro atoms. The van der Waals surface area contributed by atoms with E-state index in [0.717, 1.165) is 0 Å². The molecule has 0 N–H and O–H groups in total. The lowest BCUT2D eigenvalue weighted by molar-refractivity contribution is 0.547. The Labute approximate surface area is 133 Å². The van der Waals surface area contributed by atoms with Gasteiger partial charge in [-0.2, -0.15) is 0 Å². The highest BCUT2D eigenvalue weighted by Gasteiger charge is 2.14. The van der Waals surface area contributed by atoms with Crippen molar-refractivity contribution in [2.45, 2.75) is 10.9 Å². The van der Waals surface area contributed by atoms with Crippen molar-refractivity contribution in [3.63, 3.8) is 0 Å². The van der Waals surface area contributed by atoms with E-state index in [4.69, 9.17) is 4.42 Å². The van der Waals surface area contributed by atoms with Gasteiger partial charge in [-0.25, -0.2) is 4.39 Å². The van der Waals surface area contributed by atoms with Crippen molar-refractivity contribution in [1.29, 1.82) is 0 Å². The smallest absolute Gasteiger partial charge is 0.200 e. The summed E-state index contributed by atoms with van der Waals surface area (Å²) in [6.07, 6.45) is 0. The average Bonchev–Trinajstić information content (AvgIpc) is 3.04. The second kappa shape index (κ2) is 6.03. The fraction of sp³-hybridized carbons (Fsp3) is 0.143. The molecule has 2 heterocycles. The predicted octanol–water partition coefficient (Wildman–Crippen LogP) is 4.27. The Kier molecular flexibility index (Phi) is 4.12. The summed E-state index contributed by atoms with van der Waals surface area (Å²) in [7, 11) is 1.86. The van der Waals surface area contributed by atoms with Gasteiger partial charge in [0.15, 0.2) is 21.4 Å². The van der Waals surface area contributed by atoms with Crippen molar-refractivity contribution in [3.05, 3.63) is 52.4 Å². The lowest BCUT2D eigenvalue weighted by atomic mass is 10.2. The summed E-state index contributed by atoms with van der Waals surface area (Å²) in [5.74, 6) is 1.56. The lowest BCUT2D eigenvalue weighted by Gasteiger charge is -2.03. The Morgan fingerprint density at radius 2 is 2.05 bits per heavy atom. The summed E-state index contributed by atoms with van der Waals surface area (Å²) >= 11 is 4.69. The first-order valence-corrected chi connectivity index (χ1v) is 7.94. The van der Waals surface area contributed by atoms with E-state index in [1.165, 1.54) is 17.8 Å². The van der Waals surface area contributed by atoms with Gasteiger partial charge >= 0.3 is 0 Å². The van der Waals surface area contributed by atoms with E-state index in [9.17, 15) is 4.39 Å². The van der Waals surface area contributed by atoms with Crippen LogP contribution in [0.4, 0.5) is 4.39 Å². The van der Waals surface area contributed by atoms with Gasteiger partial charge in [-0.3, -0.25) is 0 Å². The molecule has 0 amide bonds. The van der Waals surface area contributed by atoms with Crippen LogP contribution in [0.25, 0.3) is 11.6 Å². The third-order valence-corrected chi connectivity index (χ3v) is 4.44. The SMILES string of the molecule is Cn1c(SCc2ccccc2F)nnc1-c1ccc(Br)o1. The summed E-state index contributed by atoms with van der Waals surface area (Å²) < 4.78 is 21.5. The molecule has 0 aliphatic rings. The number of aromatic nitrogens is 3. The van der Waals surface area contributed by atoms with E-state index >= 15 is 0 Å². The van der Waals surface area contributed by atoms with Crippen molar-refractivity contribution < 1.29 is 8.81 Å². The first kappa shape index (κ1) is 14.3. The van der Waals surface area contributed by atoms with E-state index in [2.05, 4.69) is 26.1 Å². The molecule has 21 heavy (non-hydrogen) atoms. The number of hydrogen-bond donors (Lipinski definition) is 0. The second-order valence-corrected chi connectivity index (χ2v) is 6.07. The summed E-state index contributed by atoms with van der Waals surface area (Å²) in [6.45, 7) is 0. The number of rotatable bonds is 4. The van der Waals surface area contributed by atoms with Crippen LogP contribution in [-0.2, 0) is 12.8 Å². The Morgan fingerprint density at radius 3 is 2.76 bits per heavy atom. The molecule has 108 valence electrons. The van der Waals surface area contributed by atoms with E-state index in [1.807, 2.05) is 23.7 Å². The first-order chi connectivity index (χ1) is 10.1. The van der Waals surface area contributed by atoms with Gasteiger partial charge in [-0.1, -0.05) is 30.0 Å². The minimum atomic E-state index is -0.206. The van der Waals surface area contributed by atoms with Gasteiger partial charge in [-0.15, -0.1) is 10.2 Å². The Morgan fingerprint density at radius 1 is 1.24 bits per heavy atom. The van der Waals surface area contributed by atoms with Crippen molar-refractivity contribution in [3.8, 4) is 11.6 Å². The monoisotopic (exact) mass is 367 g/mol. The van der Waals surface area contributed by atoms with Crippen LogP contribution in [-0.4, -0.2) is 14.8 Å². The van der Waals surface area contributed by atoms with E-state index in [-0.39, 0.29) is 5.82 Å². The van der Waals surface area contributed by atoms with Crippen molar-refractivity contribution in [2.24, 2.45) is 7.05 Å². The quantitative estimate of drug-likeness (QED) is 0.645. The Balaban J connectivity index is 1.78. The topological polar surface area (TPSA) is 43.9 Å². The molecule has 0 saturated heterocycles. The van der Waals surface area contributed by atoms with Crippen LogP contribution in [0.2, 0.25) is 0 Å². The molecule has 0 fully saturated rings. The van der Waals surface area contributed by atoms with Crippen LogP contribution in [0.5, 0.6) is 0 Å². The van der Waals surface area contributed by atoms with Crippen LogP contribution in [0.1, 0.15) is 5.56 Å². The van der Waals surface area contributed by atoms with Crippen LogP contribution in [0.3, 0.4) is 0 Å². The molecular weight excluding hydrogens is 357 g/mol. The van der Waals surface area contributed by atoms with Crippen LogP contribution >= 0.6 is 27.7 Å². The number of nitrogens with zero attached hydrogens (tertiary/aromatic N) is 3. The summed E-state index contributed by atoms with van der Waals surface area (Å²) in [5, 5.41) is 8.95. The molecule has 7 heteroatoms. The number of hydrogen-bond acceptors (Lipinski definition) is 4. The maximum atomic E-state index is 13.6. The summed E-state index contributed by atoms with van der Waals surface area (Å²) in [4.78, 5) is 0. The van der Waals surface area contributed by atoms with Gasteiger partial charge in [0, 0.05) is 12.8 Å². The minimum Gasteiger partial charge on any atom is -0.446 e. The third kappa shape index (κ3) is 3.03. The molecule has 2 aromatic heterocycles. The number of thioether (sulfide) groups is 1. The zero-order valence-electron chi connectivity index (χ0n) is 11.1. The molecule has 1 aromatic carbocycles. The maximum absolute atomic E-state index is 13.6. The molecule has 4 nitrogen and oxygen atoms in total. The summed E-state index contributed by atoms with van der Waals surface area (Å²) in [6, 6.07) is 10.3. The van der Waals surface area contributed by atoms with Gasteiger partial charge in [0.05, 0.1) is 0 Å². The molecule has 0 atom stereocenters. The second-order valence-electron chi connectivity index (χ2n) is 4.35. The van der Waals surface area contributed by atoms with Crippen LogP contribution in [0, 0.1) is 5.82 Å². The highest BCUT2D eigenvalue weighted by Crippen LogP contribution is 2.28. The molecule has 3 aromatic rings. The molecular formula is C14H11BrFN3OS. The fourth-order valence-electron chi connectivity index (χ4n) is 1.85. The molecule has 0 radical (unpaired) electrons. The van der Waals surface area contributed by atoms with E-state index in [1.54, 1.807) is 18.2 Å². The molecule has 3 rings (SSSR count). The van der Waals surface area contributed by atoms with Gasteiger partial charge in [0.2, 0.25) is 0 Å². The largest absolute Gasteiger partial charge is 0.446 e. The Bertz CT molecular complexity index is 771. The third-order valence-electron chi connectivity index (χ3n) is 2.94. The van der Waals surface area contributed by atoms with Crippen LogP contribution < -0.4 is 0 Å². The van der Waals surface area contributed by atoms with Crippen molar-refractivity contribution >= 4 is 27.7 Å². The van der Waals surface area contributed by atoms with Gasteiger partial charge in [0.25, 0.3) is 0 Å². The lowest BCUT2D eigenvalue weighted by Crippen LogP contribution is -1.95. The molecule has 0 saturated carbocycles. The average molecular weight is 368 g/mol. The van der Waals surface area contributed by atoms with Gasteiger partial charge in [-0.05, 0) is 39.7 Å². The first-order valence-electron chi connectivity index (χ1n) is 6.16. The van der Waals surface area contributed by atoms with Crippen molar-refractivity contribution in [1.82, 2.24) is 14.8 Å². The standard InChI is InChI=1S/C14H11BrFN3OS/c1-19-13(11-6-7-12(15)20-11)17-18-14(19)21-8-9-4-2-3-5-10(9)16/h2-7H,8H2,1H3. The molecule has 0 bridgehead atoms. The number of benzene rings is 1. The number of halogens is 2. The molecule has 0 aliphatic heterocycles. The Hall–Kier alpha value is -1.60. The normalized spacial score (nSPS) is 11.0.